The number of benzene rings is 3. The normalized spacial score (nSPS) is 10.8. The van der Waals surface area contributed by atoms with Crippen LogP contribution in [0.3, 0.4) is 0 Å². The lowest BCUT2D eigenvalue weighted by Gasteiger charge is -2.05. The summed E-state index contributed by atoms with van der Waals surface area (Å²) in [6.07, 6.45) is 1.15. The highest BCUT2D eigenvalue weighted by molar-refractivity contribution is 5.90. The Kier molecular flexibility index (Phi) is 3.35. The first-order valence-electron chi connectivity index (χ1n) is 7.56. The second kappa shape index (κ2) is 5.66. The van der Waals surface area contributed by atoms with E-state index < -0.39 is 5.97 Å². The lowest BCUT2D eigenvalue weighted by Crippen LogP contribution is -2.02. The Morgan fingerprint density at radius 2 is 1.83 bits per heavy atom. The number of hydrogen-bond donors (Lipinski definition) is 1. The van der Waals surface area contributed by atoms with Crippen molar-refractivity contribution in [3.63, 3.8) is 0 Å². The van der Waals surface area contributed by atoms with E-state index in [1.165, 1.54) is 0 Å². The van der Waals surface area contributed by atoms with Crippen LogP contribution in [0.1, 0.15) is 0 Å². The molecule has 4 rings (SSSR count). The minimum absolute atomic E-state index is 0.465. The Balaban J connectivity index is 1.74. The fraction of sp³-hybridized carbons (Fsp3) is 0. The number of carbonyl (C=O) groups excluding carboxylic acids is 1. The highest BCUT2D eigenvalue weighted by Gasteiger charge is 2.07. The summed E-state index contributed by atoms with van der Waals surface area (Å²) in [5, 5.41) is 2.04. The molecule has 0 amide bonds. The van der Waals surface area contributed by atoms with Gasteiger partial charge in [0, 0.05) is 11.6 Å². The van der Waals surface area contributed by atoms with E-state index in [0.717, 1.165) is 39.3 Å². The summed E-state index contributed by atoms with van der Waals surface area (Å²) in [7, 11) is 0. The molecule has 4 aromatic rings. The Labute approximate surface area is 138 Å². The molecule has 4 nitrogen and oxygen atoms in total. The largest absolute Gasteiger partial charge is 0.423 e. The van der Waals surface area contributed by atoms with Gasteiger partial charge in [0.25, 0.3) is 0 Å². The fourth-order valence-corrected chi connectivity index (χ4v) is 2.68. The molecule has 0 spiro atoms. The van der Waals surface area contributed by atoms with Gasteiger partial charge in [0.15, 0.2) is 0 Å². The highest BCUT2D eigenvalue weighted by Crippen LogP contribution is 2.27. The molecule has 1 N–H and O–H groups in total. The van der Waals surface area contributed by atoms with Crippen LogP contribution in [0, 0.1) is 0 Å². The van der Waals surface area contributed by atoms with E-state index >= 15 is 0 Å². The molecule has 1 aromatic heterocycles. The third-order valence-electron chi connectivity index (χ3n) is 3.86. The van der Waals surface area contributed by atoms with Gasteiger partial charge in [-0.15, -0.1) is 0 Å². The first-order valence-corrected chi connectivity index (χ1v) is 7.56. The van der Waals surface area contributed by atoms with E-state index in [-0.39, 0.29) is 0 Å². The zero-order valence-electron chi connectivity index (χ0n) is 12.8. The van der Waals surface area contributed by atoms with Crippen LogP contribution >= 0.6 is 0 Å². The van der Waals surface area contributed by atoms with Crippen molar-refractivity contribution in [3.8, 4) is 17.1 Å². The van der Waals surface area contributed by atoms with Crippen LogP contribution in [0.4, 0.5) is 0 Å². The minimum atomic E-state index is -0.465. The zero-order valence-corrected chi connectivity index (χ0v) is 12.8. The molecule has 116 valence electrons. The predicted octanol–water partition coefficient (Wildman–Crippen LogP) is 4.47. The molecule has 4 heteroatoms. The molecule has 0 saturated heterocycles. The van der Waals surface area contributed by atoms with E-state index in [1.54, 1.807) is 6.07 Å². The molecule has 0 atom stereocenters. The number of H-pyrrole nitrogens is 1. The Morgan fingerprint density at radius 1 is 1.04 bits per heavy atom. The molecular formula is C20H14N2O2. The topological polar surface area (TPSA) is 55.0 Å². The predicted molar refractivity (Wildman–Crippen MR) is 94.9 cm³/mol. The van der Waals surface area contributed by atoms with Crippen molar-refractivity contribution in [3.05, 3.63) is 73.3 Å². The SMILES string of the molecule is C=CC(=O)Oc1ccc2cc(-c3nc4ccccc4[nH]3)ccc2c1. The summed E-state index contributed by atoms with van der Waals surface area (Å²) >= 11 is 0. The molecule has 24 heavy (non-hydrogen) atoms. The summed E-state index contributed by atoms with van der Waals surface area (Å²) in [6.45, 7) is 3.40. The number of ether oxygens (including phenoxy) is 1. The second-order valence-corrected chi connectivity index (χ2v) is 5.45. The maximum Gasteiger partial charge on any atom is 0.335 e. The van der Waals surface area contributed by atoms with Crippen molar-refractivity contribution >= 4 is 27.8 Å². The van der Waals surface area contributed by atoms with Gasteiger partial charge in [-0.1, -0.05) is 36.9 Å². The Morgan fingerprint density at radius 3 is 2.67 bits per heavy atom. The number of hydrogen-bond acceptors (Lipinski definition) is 3. The molecule has 0 aliphatic rings. The maximum atomic E-state index is 11.3. The van der Waals surface area contributed by atoms with Gasteiger partial charge in [-0.25, -0.2) is 9.78 Å². The molecule has 0 bridgehead atoms. The van der Waals surface area contributed by atoms with Crippen LogP contribution in [0.25, 0.3) is 33.2 Å². The number of carbonyl (C=O) groups is 1. The van der Waals surface area contributed by atoms with Crippen molar-refractivity contribution in [2.45, 2.75) is 0 Å². The molecule has 0 unspecified atom stereocenters. The maximum absolute atomic E-state index is 11.3. The third-order valence-corrected chi connectivity index (χ3v) is 3.86. The Bertz CT molecular complexity index is 1050. The lowest BCUT2D eigenvalue weighted by atomic mass is 10.1. The number of para-hydroxylation sites is 2. The van der Waals surface area contributed by atoms with Gasteiger partial charge in [-0.05, 0) is 41.1 Å². The third kappa shape index (κ3) is 2.54. The first-order chi connectivity index (χ1) is 11.7. The van der Waals surface area contributed by atoms with E-state index in [4.69, 9.17) is 4.74 Å². The van der Waals surface area contributed by atoms with Gasteiger partial charge in [0.2, 0.25) is 0 Å². The average molecular weight is 314 g/mol. The van der Waals surface area contributed by atoms with E-state index in [0.29, 0.717) is 5.75 Å². The van der Waals surface area contributed by atoms with Gasteiger partial charge in [0.1, 0.15) is 11.6 Å². The van der Waals surface area contributed by atoms with Gasteiger partial charge in [-0.2, -0.15) is 0 Å². The average Bonchev–Trinajstić information content (AvgIpc) is 3.05. The fourth-order valence-electron chi connectivity index (χ4n) is 2.68. The van der Waals surface area contributed by atoms with Gasteiger partial charge in [0.05, 0.1) is 11.0 Å². The number of imidazole rings is 1. The number of aromatic nitrogens is 2. The molecule has 0 aliphatic carbocycles. The van der Waals surface area contributed by atoms with Crippen molar-refractivity contribution in [2.75, 3.05) is 0 Å². The molecular weight excluding hydrogens is 300 g/mol. The quantitative estimate of drug-likeness (QED) is 0.345. The molecule has 0 radical (unpaired) electrons. The van der Waals surface area contributed by atoms with E-state index in [1.807, 2.05) is 48.5 Å². The smallest absolute Gasteiger partial charge is 0.335 e. The van der Waals surface area contributed by atoms with Crippen LogP contribution in [0.15, 0.2) is 73.3 Å². The minimum Gasteiger partial charge on any atom is -0.423 e. The number of rotatable bonds is 3. The Hall–Kier alpha value is -3.40. The van der Waals surface area contributed by atoms with Crippen LogP contribution in [-0.2, 0) is 4.79 Å². The summed E-state index contributed by atoms with van der Waals surface area (Å²) in [6, 6.07) is 19.5. The standard InChI is InChI=1S/C20H14N2O2/c1-2-19(23)24-16-10-9-13-11-15(8-7-14(13)12-16)20-21-17-5-3-4-6-18(17)22-20/h2-12H,1H2,(H,21,22). The zero-order chi connectivity index (χ0) is 16.5. The van der Waals surface area contributed by atoms with E-state index in [2.05, 4.69) is 22.6 Å². The second-order valence-electron chi connectivity index (χ2n) is 5.45. The summed E-state index contributed by atoms with van der Waals surface area (Å²) < 4.78 is 5.15. The van der Waals surface area contributed by atoms with Gasteiger partial charge < -0.3 is 9.72 Å². The number of fused-ring (bicyclic) bond motifs is 2. The van der Waals surface area contributed by atoms with Gasteiger partial charge >= 0.3 is 5.97 Å². The van der Waals surface area contributed by atoms with Crippen molar-refractivity contribution in [2.24, 2.45) is 0 Å². The van der Waals surface area contributed by atoms with Crippen LogP contribution in [-0.4, -0.2) is 15.9 Å². The lowest BCUT2D eigenvalue weighted by molar-refractivity contribution is -0.128. The molecule has 3 aromatic carbocycles. The number of nitrogens with one attached hydrogen (secondary N) is 1. The summed E-state index contributed by atoms with van der Waals surface area (Å²) in [4.78, 5) is 19.2. The number of nitrogens with zero attached hydrogens (tertiary/aromatic N) is 1. The van der Waals surface area contributed by atoms with Crippen LogP contribution in [0.5, 0.6) is 5.75 Å². The monoisotopic (exact) mass is 314 g/mol. The van der Waals surface area contributed by atoms with Crippen LogP contribution in [0.2, 0.25) is 0 Å². The van der Waals surface area contributed by atoms with Crippen molar-refractivity contribution < 1.29 is 9.53 Å². The number of aromatic amines is 1. The van der Waals surface area contributed by atoms with Gasteiger partial charge in [-0.3, -0.25) is 0 Å². The molecule has 1 heterocycles. The molecule has 0 aliphatic heterocycles. The van der Waals surface area contributed by atoms with Crippen molar-refractivity contribution in [1.82, 2.24) is 9.97 Å². The molecule has 0 fully saturated rings. The number of esters is 1. The van der Waals surface area contributed by atoms with E-state index in [9.17, 15) is 4.79 Å². The summed E-state index contributed by atoms with van der Waals surface area (Å²) in [5.74, 6) is 0.873. The highest BCUT2D eigenvalue weighted by atomic mass is 16.5. The van der Waals surface area contributed by atoms with Crippen molar-refractivity contribution in [1.29, 1.82) is 0 Å². The summed E-state index contributed by atoms with van der Waals surface area (Å²) in [5.41, 5.74) is 2.97. The first kappa shape index (κ1) is 14.2. The van der Waals surface area contributed by atoms with Crippen LogP contribution < -0.4 is 4.74 Å². The molecule has 0 saturated carbocycles.